The van der Waals surface area contributed by atoms with Gasteiger partial charge in [0.1, 0.15) is 6.04 Å². The van der Waals surface area contributed by atoms with Crippen LogP contribution in [0, 0.1) is 0 Å². The van der Waals surface area contributed by atoms with Crippen molar-refractivity contribution >= 4 is 11.9 Å². The van der Waals surface area contributed by atoms with Crippen molar-refractivity contribution in [3.63, 3.8) is 0 Å². The van der Waals surface area contributed by atoms with Crippen molar-refractivity contribution in [2.24, 2.45) is 0 Å². The highest BCUT2D eigenvalue weighted by molar-refractivity contribution is 5.92. The molecule has 0 radical (unpaired) electrons. The lowest BCUT2D eigenvalue weighted by atomic mass is 9.99. The van der Waals surface area contributed by atoms with Crippen LogP contribution < -0.4 is 0 Å². The van der Waals surface area contributed by atoms with Crippen molar-refractivity contribution in [1.82, 2.24) is 4.90 Å². The van der Waals surface area contributed by atoms with Crippen LogP contribution in [0.25, 0.3) is 0 Å². The number of morpholine rings is 1. The average molecular weight is 307 g/mol. The Morgan fingerprint density at radius 3 is 2.50 bits per heavy atom. The van der Waals surface area contributed by atoms with E-state index in [9.17, 15) is 14.7 Å². The summed E-state index contributed by atoms with van der Waals surface area (Å²) >= 11 is 0. The van der Waals surface area contributed by atoms with E-state index < -0.39 is 30.8 Å². The molecular weight excluding hydrogens is 286 g/mol. The topological polar surface area (TPSA) is 87.1 Å². The fourth-order valence-electron chi connectivity index (χ4n) is 2.68. The monoisotopic (exact) mass is 307 g/mol. The van der Waals surface area contributed by atoms with Gasteiger partial charge in [-0.25, -0.2) is 4.79 Å². The number of benzene rings is 1. The van der Waals surface area contributed by atoms with Crippen LogP contribution in [-0.2, 0) is 14.3 Å². The van der Waals surface area contributed by atoms with Crippen molar-refractivity contribution in [3.8, 4) is 0 Å². The number of cyclic esters (lactones) is 1. The summed E-state index contributed by atoms with van der Waals surface area (Å²) < 4.78 is 5.05. The number of aliphatic hydroxyl groups excluding tert-OH is 2. The number of nitrogens with zero attached hydrogens (tertiary/aromatic N) is 1. The molecule has 1 heterocycles. The summed E-state index contributed by atoms with van der Waals surface area (Å²) in [5.41, 5.74) is 0.890. The molecule has 2 N–H and O–H groups in total. The second-order valence-electron chi connectivity index (χ2n) is 5.50. The minimum Gasteiger partial charge on any atom is -0.451 e. The van der Waals surface area contributed by atoms with E-state index in [1.807, 2.05) is 37.3 Å². The van der Waals surface area contributed by atoms with Crippen molar-refractivity contribution < 1.29 is 24.5 Å². The second kappa shape index (κ2) is 6.89. The molecule has 1 aliphatic rings. The SMILES string of the molecule is C[C@H]1OC(=O)[C@@H](C[C@@H](O)CO)N([C@@H](C)c2ccccc2)C1=O. The van der Waals surface area contributed by atoms with Crippen LogP contribution in [0.15, 0.2) is 30.3 Å². The van der Waals surface area contributed by atoms with Gasteiger partial charge in [0, 0.05) is 6.42 Å². The zero-order valence-electron chi connectivity index (χ0n) is 12.7. The van der Waals surface area contributed by atoms with Gasteiger partial charge in [-0.1, -0.05) is 30.3 Å². The minimum atomic E-state index is -1.08. The van der Waals surface area contributed by atoms with Gasteiger partial charge >= 0.3 is 5.97 Å². The normalized spacial score (nSPS) is 24.8. The zero-order chi connectivity index (χ0) is 16.3. The highest BCUT2D eigenvalue weighted by Gasteiger charge is 2.43. The van der Waals surface area contributed by atoms with Crippen LogP contribution in [-0.4, -0.2) is 51.8 Å². The van der Waals surface area contributed by atoms with Gasteiger partial charge < -0.3 is 19.8 Å². The molecule has 0 unspecified atom stereocenters. The zero-order valence-corrected chi connectivity index (χ0v) is 12.7. The van der Waals surface area contributed by atoms with Gasteiger partial charge in [0.15, 0.2) is 6.10 Å². The molecule has 0 aromatic heterocycles. The number of rotatable bonds is 5. The molecule has 1 aromatic rings. The minimum absolute atomic E-state index is 0.0506. The Kier molecular flexibility index (Phi) is 5.15. The predicted octanol–water partition coefficient (Wildman–Crippen LogP) is 0.633. The van der Waals surface area contributed by atoms with E-state index in [1.165, 1.54) is 11.8 Å². The maximum Gasteiger partial charge on any atom is 0.329 e. The summed E-state index contributed by atoms with van der Waals surface area (Å²) in [6, 6.07) is 8.11. The van der Waals surface area contributed by atoms with Crippen LogP contribution in [0.3, 0.4) is 0 Å². The van der Waals surface area contributed by atoms with E-state index in [1.54, 1.807) is 0 Å². The Morgan fingerprint density at radius 1 is 1.27 bits per heavy atom. The Labute approximate surface area is 129 Å². The van der Waals surface area contributed by atoms with E-state index in [0.717, 1.165) is 5.56 Å². The first-order valence-corrected chi connectivity index (χ1v) is 7.32. The van der Waals surface area contributed by atoms with Crippen LogP contribution in [0.2, 0.25) is 0 Å². The van der Waals surface area contributed by atoms with Crippen molar-refractivity contribution in [1.29, 1.82) is 0 Å². The van der Waals surface area contributed by atoms with Gasteiger partial charge in [0.2, 0.25) is 0 Å². The summed E-state index contributed by atoms with van der Waals surface area (Å²) in [6.07, 6.45) is -1.98. The number of amides is 1. The van der Waals surface area contributed by atoms with Gasteiger partial charge in [-0.05, 0) is 19.4 Å². The van der Waals surface area contributed by atoms with Crippen LogP contribution >= 0.6 is 0 Å². The molecule has 0 bridgehead atoms. The Balaban J connectivity index is 2.32. The van der Waals surface area contributed by atoms with E-state index in [-0.39, 0.29) is 18.4 Å². The molecule has 22 heavy (non-hydrogen) atoms. The third-order valence-corrected chi connectivity index (χ3v) is 3.91. The number of ether oxygens (including phenoxy) is 1. The first-order chi connectivity index (χ1) is 10.5. The first-order valence-electron chi connectivity index (χ1n) is 7.32. The first kappa shape index (κ1) is 16.5. The predicted molar refractivity (Wildman–Crippen MR) is 78.8 cm³/mol. The molecule has 6 heteroatoms. The highest BCUT2D eigenvalue weighted by atomic mass is 16.6. The average Bonchev–Trinajstić information content (AvgIpc) is 2.53. The maximum absolute atomic E-state index is 12.5. The second-order valence-corrected chi connectivity index (χ2v) is 5.50. The number of hydrogen-bond donors (Lipinski definition) is 2. The maximum atomic E-state index is 12.5. The summed E-state index contributed by atoms with van der Waals surface area (Å²) in [5, 5.41) is 18.7. The number of aliphatic hydroxyl groups is 2. The summed E-state index contributed by atoms with van der Waals surface area (Å²) in [6.45, 7) is 2.89. The molecule has 6 nitrogen and oxygen atoms in total. The van der Waals surface area contributed by atoms with Crippen LogP contribution in [0.5, 0.6) is 0 Å². The number of carbonyl (C=O) groups is 2. The largest absolute Gasteiger partial charge is 0.451 e. The Bertz CT molecular complexity index is 533. The standard InChI is InChI=1S/C16H21NO5/c1-10(12-6-4-3-5-7-12)17-14(8-13(19)9-18)16(21)22-11(2)15(17)20/h3-7,10-11,13-14,18-19H,8-9H2,1-2H3/t10-,11+,13+,14+/m0/s1. The third kappa shape index (κ3) is 3.28. The Morgan fingerprint density at radius 2 is 1.91 bits per heavy atom. The van der Waals surface area contributed by atoms with E-state index in [2.05, 4.69) is 0 Å². The summed E-state index contributed by atoms with van der Waals surface area (Å²) in [4.78, 5) is 26.1. The van der Waals surface area contributed by atoms with E-state index >= 15 is 0 Å². The fraction of sp³-hybridized carbons (Fsp3) is 0.500. The molecule has 1 saturated heterocycles. The van der Waals surface area contributed by atoms with Gasteiger partial charge in [-0.2, -0.15) is 0 Å². The molecule has 0 saturated carbocycles. The summed E-state index contributed by atoms with van der Waals surface area (Å²) in [7, 11) is 0. The van der Waals surface area contributed by atoms with Crippen molar-refractivity contribution in [2.45, 2.75) is 44.6 Å². The Hall–Kier alpha value is -1.92. The smallest absolute Gasteiger partial charge is 0.329 e. The molecule has 1 fully saturated rings. The lowest BCUT2D eigenvalue weighted by Crippen LogP contribution is -2.57. The molecule has 1 amide bonds. The molecule has 1 aromatic carbocycles. The van der Waals surface area contributed by atoms with Crippen molar-refractivity contribution in [3.05, 3.63) is 35.9 Å². The lowest BCUT2D eigenvalue weighted by Gasteiger charge is -2.41. The molecule has 0 spiro atoms. The number of hydrogen-bond acceptors (Lipinski definition) is 5. The number of esters is 1. The molecule has 120 valence electrons. The molecular formula is C16H21NO5. The molecule has 0 aliphatic carbocycles. The van der Waals surface area contributed by atoms with Gasteiger partial charge in [-0.3, -0.25) is 4.79 Å². The molecule has 2 rings (SSSR count). The quantitative estimate of drug-likeness (QED) is 0.779. The molecule has 4 atom stereocenters. The van der Waals surface area contributed by atoms with Gasteiger partial charge in [0.05, 0.1) is 18.8 Å². The van der Waals surface area contributed by atoms with Crippen molar-refractivity contribution in [2.75, 3.05) is 6.61 Å². The van der Waals surface area contributed by atoms with Crippen LogP contribution in [0.4, 0.5) is 0 Å². The lowest BCUT2D eigenvalue weighted by molar-refractivity contribution is -0.181. The van der Waals surface area contributed by atoms with E-state index in [4.69, 9.17) is 9.84 Å². The third-order valence-electron chi connectivity index (χ3n) is 3.91. The molecule has 1 aliphatic heterocycles. The van der Waals surface area contributed by atoms with Gasteiger partial charge in [0.25, 0.3) is 5.91 Å². The number of carbonyl (C=O) groups excluding carboxylic acids is 2. The summed E-state index contributed by atoms with van der Waals surface area (Å²) in [5.74, 6) is -0.853. The van der Waals surface area contributed by atoms with Crippen LogP contribution in [0.1, 0.15) is 31.9 Å². The van der Waals surface area contributed by atoms with Gasteiger partial charge in [-0.15, -0.1) is 0 Å². The van der Waals surface area contributed by atoms with E-state index in [0.29, 0.717) is 0 Å². The fourth-order valence-corrected chi connectivity index (χ4v) is 2.68. The highest BCUT2D eigenvalue weighted by Crippen LogP contribution is 2.29.